The lowest BCUT2D eigenvalue weighted by Crippen LogP contribution is -2.24. The monoisotopic (exact) mass is 285 g/mol. The highest BCUT2D eigenvalue weighted by Gasteiger charge is 2.12. The van der Waals surface area contributed by atoms with E-state index in [-0.39, 0.29) is 5.75 Å². The lowest BCUT2D eigenvalue weighted by Gasteiger charge is -2.07. The van der Waals surface area contributed by atoms with Gasteiger partial charge in [-0.2, -0.15) is 0 Å². The Morgan fingerprint density at radius 2 is 2.28 bits per heavy atom. The number of aryl methyl sites for hydroxylation is 2. The van der Waals surface area contributed by atoms with E-state index < -0.39 is 10.0 Å². The van der Waals surface area contributed by atoms with Crippen molar-refractivity contribution in [3.8, 4) is 10.7 Å². The summed E-state index contributed by atoms with van der Waals surface area (Å²) < 4.78 is 27.0. The smallest absolute Gasteiger partial charge is 0.213 e. The standard InChI is InChI=1S/C11H15N3O2S2/c1-9-3-7-17-10(9)11-13-4-5-14(11)6-8-18(15,16)12-2/h3-5,7,12H,6,8H2,1-2H3. The molecule has 0 atom stereocenters. The Balaban J connectivity index is 2.22. The van der Waals surface area contributed by atoms with Gasteiger partial charge in [0.15, 0.2) is 0 Å². The van der Waals surface area contributed by atoms with Crippen LogP contribution in [0.5, 0.6) is 0 Å². The highest BCUT2D eigenvalue weighted by atomic mass is 32.2. The van der Waals surface area contributed by atoms with Gasteiger partial charge >= 0.3 is 0 Å². The molecule has 7 heteroatoms. The van der Waals surface area contributed by atoms with Gasteiger partial charge in [-0.05, 0) is 31.0 Å². The number of nitrogens with zero attached hydrogens (tertiary/aromatic N) is 2. The van der Waals surface area contributed by atoms with Gasteiger partial charge in [-0.15, -0.1) is 11.3 Å². The summed E-state index contributed by atoms with van der Waals surface area (Å²) in [5, 5.41) is 2.01. The number of rotatable bonds is 5. The molecule has 0 bridgehead atoms. The average Bonchev–Trinajstić information content (AvgIpc) is 2.94. The van der Waals surface area contributed by atoms with Crippen molar-refractivity contribution in [1.82, 2.24) is 14.3 Å². The van der Waals surface area contributed by atoms with E-state index in [1.165, 1.54) is 7.05 Å². The maximum Gasteiger partial charge on any atom is 0.213 e. The molecule has 18 heavy (non-hydrogen) atoms. The van der Waals surface area contributed by atoms with Crippen molar-refractivity contribution in [2.24, 2.45) is 0 Å². The lowest BCUT2D eigenvalue weighted by atomic mass is 10.3. The minimum Gasteiger partial charge on any atom is -0.329 e. The molecule has 2 aromatic heterocycles. The van der Waals surface area contributed by atoms with E-state index in [0.29, 0.717) is 6.54 Å². The third kappa shape index (κ3) is 2.80. The van der Waals surface area contributed by atoms with Gasteiger partial charge in [0.25, 0.3) is 0 Å². The summed E-state index contributed by atoms with van der Waals surface area (Å²) in [7, 11) is -1.76. The third-order valence-corrected chi connectivity index (χ3v) is 5.05. The molecule has 1 N–H and O–H groups in total. The molecule has 0 saturated carbocycles. The quantitative estimate of drug-likeness (QED) is 0.905. The van der Waals surface area contributed by atoms with Crippen LogP contribution in [0.4, 0.5) is 0 Å². The number of nitrogens with one attached hydrogen (secondary N) is 1. The molecule has 0 saturated heterocycles. The van der Waals surface area contributed by atoms with Gasteiger partial charge in [-0.3, -0.25) is 0 Å². The van der Waals surface area contributed by atoms with Crippen molar-refractivity contribution in [1.29, 1.82) is 0 Å². The molecule has 0 amide bonds. The molecular weight excluding hydrogens is 270 g/mol. The van der Waals surface area contributed by atoms with Crippen LogP contribution < -0.4 is 4.72 Å². The first-order chi connectivity index (χ1) is 8.53. The molecule has 0 unspecified atom stereocenters. The second-order valence-electron chi connectivity index (χ2n) is 3.90. The Kier molecular flexibility index (Phi) is 3.84. The number of imidazole rings is 1. The molecule has 2 heterocycles. The van der Waals surface area contributed by atoms with E-state index in [9.17, 15) is 8.42 Å². The van der Waals surface area contributed by atoms with E-state index >= 15 is 0 Å². The number of thiophene rings is 1. The predicted molar refractivity (Wildman–Crippen MR) is 73.1 cm³/mol. The van der Waals surface area contributed by atoms with Crippen LogP contribution in [0.2, 0.25) is 0 Å². The number of aromatic nitrogens is 2. The Labute approximate surface area is 111 Å². The minimum absolute atomic E-state index is 0.0529. The lowest BCUT2D eigenvalue weighted by molar-refractivity contribution is 0.581. The molecule has 0 radical (unpaired) electrons. The zero-order valence-electron chi connectivity index (χ0n) is 10.3. The molecule has 0 aliphatic heterocycles. The fourth-order valence-corrected chi connectivity index (χ4v) is 3.20. The highest BCUT2D eigenvalue weighted by Crippen LogP contribution is 2.27. The van der Waals surface area contributed by atoms with Crippen molar-refractivity contribution >= 4 is 21.4 Å². The predicted octanol–water partition coefficient (Wildman–Crippen LogP) is 1.47. The molecule has 2 rings (SSSR count). The maximum absolute atomic E-state index is 11.4. The van der Waals surface area contributed by atoms with Crippen LogP contribution in [0, 0.1) is 6.92 Å². The van der Waals surface area contributed by atoms with Gasteiger partial charge in [0.05, 0.1) is 10.6 Å². The number of sulfonamides is 1. The molecule has 0 aliphatic rings. The zero-order valence-corrected chi connectivity index (χ0v) is 11.9. The maximum atomic E-state index is 11.4. The normalized spacial score (nSPS) is 11.9. The van der Waals surface area contributed by atoms with Gasteiger partial charge in [0.1, 0.15) is 5.82 Å². The first kappa shape index (κ1) is 13.3. The molecule has 5 nitrogen and oxygen atoms in total. The largest absolute Gasteiger partial charge is 0.329 e. The third-order valence-electron chi connectivity index (χ3n) is 2.69. The van der Waals surface area contributed by atoms with Crippen molar-refractivity contribution in [2.45, 2.75) is 13.5 Å². The van der Waals surface area contributed by atoms with Crippen LogP contribution in [-0.2, 0) is 16.6 Å². The summed E-state index contributed by atoms with van der Waals surface area (Å²) in [5.74, 6) is 0.880. The summed E-state index contributed by atoms with van der Waals surface area (Å²) >= 11 is 1.61. The summed E-state index contributed by atoms with van der Waals surface area (Å²) in [4.78, 5) is 5.39. The van der Waals surface area contributed by atoms with Gasteiger partial charge in [-0.25, -0.2) is 18.1 Å². The van der Waals surface area contributed by atoms with Crippen LogP contribution >= 0.6 is 11.3 Å². The Hall–Kier alpha value is -1.18. The van der Waals surface area contributed by atoms with Crippen LogP contribution in [-0.4, -0.2) is 30.8 Å². The van der Waals surface area contributed by atoms with E-state index in [4.69, 9.17) is 0 Å². The van der Waals surface area contributed by atoms with E-state index in [0.717, 1.165) is 16.3 Å². The summed E-state index contributed by atoms with van der Waals surface area (Å²) in [6, 6.07) is 2.03. The van der Waals surface area contributed by atoms with E-state index in [2.05, 4.69) is 9.71 Å². The molecule has 0 spiro atoms. The van der Waals surface area contributed by atoms with Crippen molar-refractivity contribution < 1.29 is 8.42 Å². The van der Waals surface area contributed by atoms with E-state index in [1.807, 2.05) is 22.9 Å². The second-order valence-corrected chi connectivity index (χ2v) is 6.86. The SMILES string of the molecule is CNS(=O)(=O)CCn1ccnc1-c1sccc1C. The second kappa shape index (κ2) is 5.21. The molecule has 0 fully saturated rings. The van der Waals surface area contributed by atoms with Crippen LogP contribution in [0.3, 0.4) is 0 Å². The van der Waals surface area contributed by atoms with Crippen molar-refractivity contribution in [3.63, 3.8) is 0 Å². The average molecular weight is 285 g/mol. The molecule has 2 aromatic rings. The van der Waals surface area contributed by atoms with Gasteiger partial charge in [0, 0.05) is 18.9 Å². The zero-order chi connectivity index (χ0) is 13.2. The van der Waals surface area contributed by atoms with Gasteiger partial charge in [-0.1, -0.05) is 0 Å². The Bertz CT molecular complexity index is 628. The van der Waals surface area contributed by atoms with Crippen molar-refractivity contribution in [2.75, 3.05) is 12.8 Å². The van der Waals surface area contributed by atoms with Gasteiger partial charge in [0.2, 0.25) is 10.0 Å². The van der Waals surface area contributed by atoms with Crippen LogP contribution in [0.15, 0.2) is 23.8 Å². The fraction of sp³-hybridized carbons (Fsp3) is 0.364. The Morgan fingerprint density at radius 3 is 2.89 bits per heavy atom. The van der Waals surface area contributed by atoms with Crippen LogP contribution in [0.25, 0.3) is 10.7 Å². The molecule has 0 aromatic carbocycles. The molecule has 98 valence electrons. The first-order valence-corrected chi connectivity index (χ1v) is 8.03. The van der Waals surface area contributed by atoms with Gasteiger partial charge < -0.3 is 4.57 Å². The highest BCUT2D eigenvalue weighted by molar-refractivity contribution is 7.89. The van der Waals surface area contributed by atoms with E-state index in [1.54, 1.807) is 23.7 Å². The topological polar surface area (TPSA) is 64.0 Å². The minimum atomic E-state index is -3.19. The number of hydrogen-bond donors (Lipinski definition) is 1. The number of hydrogen-bond acceptors (Lipinski definition) is 4. The Morgan fingerprint density at radius 1 is 1.50 bits per heavy atom. The van der Waals surface area contributed by atoms with Crippen LogP contribution in [0.1, 0.15) is 5.56 Å². The first-order valence-electron chi connectivity index (χ1n) is 5.50. The summed E-state index contributed by atoms with van der Waals surface area (Å²) in [5.41, 5.74) is 1.16. The molecular formula is C11H15N3O2S2. The fourth-order valence-electron chi connectivity index (χ4n) is 1.62. The molecule has 0 aliphatic carbocycles. The summed E-state index contributed by atoms with van der Waals surface area (Å²) in [6.45, 7) is 2.42. The van der Waals surface area contributed by atoms with Crippen molar-refractivity contribution in [3.05, 3.63) is 29.4 Å². The summed E-state index contributed by atoms with van der Waals surface area (Å²) in [6.07, 6.45) is 3.50.